The third-order valence-electron chi connectivity index (χ3n) is 2.75. The second-order valence-corrected chi connectivity index (χ2v) is 12.6. The first-order valence-electron chi connectivity index (χ1n) is 6.26. The molecule has 10 N–H and O–H groups in total. The first kappa shape index (κ1) is 23.5. The summed E-state index contributed by atoms with van der Waals surface area (Å²) in [5.74, 6) is 0. The zero-order valence-electron chi connectivity index (χ0n) is 12.5. The van der Waals surface area contributed by atoms with E-state index in [9.17, 15) is 18.3 Å². The molecule has 0 saturated carbocycles. The molecule has 0 aliphatic carbocycles. The zero-order chi connectivity index (χ0) is 20.6. The highest BCUT2D eigenvalue weighted by Crippen LogP contribution is 2.60. The van der Waals surface area contributed by atoms with Gasteiger partial charge < -0.3 is 49.8 Å². The third-order valence-corrected chi connectivity index (χ3v) is 9.43. The van der Waals surface area contributed by atoms with Crippen molar-refractivity contribution in [2.45, 2.75) is 11.0 Å². The van der Waals surface area contributed by atoms with E-state index in [4.69, 9.17) is 39.1 Å². The number of hydrogen-bond acceptors (Lipinski definition) is 6. The molecule has 1 rings (SSSR count). The van der Waals surface area contributed by atoms with Crippen molar-refractivity contribution in [3.05, 3.63) is 24.3 Å². The van der Waals surface area contributed by atoms with Crippen molar-refractivity contribution in [3.63, 3.8) is 0 Å². The highest BCUT2D eigenvalue weighted by atomic mass is 31.2. The van der Waals surface area contributed by atoms with Gasteiger partial charge in [-0.05, 0) is 24.3 Å². The summed E-state index contributed by atoms with van der Waals surface area (Å²) in [4.78, 5) is 72.0. The predicted octanol–water partition coefficient (Wildman–Crippen LogP) is -0.212. The van der Waals surface area contributed by atoms with Crippen LogP contribution in [0, 0.1) is 0 Å². The fourth-order valence-corrected chi connectivity index (χ4v) is 6.09. The van der Waals surface area contributed by atoms with Crippen LogP contribution in [0.5, 0.6) is 0 Å². The van der Waals surface area contributed by atoms with Crippen LogP contribution in [-0.4, -0.2) is 50.2 Å². The van der Waals surface area contributed by atoms with E-state index in [2.05, 4.69) is 0 Å². The summed E-state index contributed by atoms with van der Waals surface area (Å²) < 4.78 is 44.7. The average molecular weight is 456 g/mol. The molecule has 0 radical (unpaired) electrons. The summed E-state index contributed by atoms with van der Waals surface area (Å²) in [5.41, 5.74) is -5.41. The lowest BCUT2D eigenvalue weighted by molar-refractivity contribution is 0.339. The molecule has 1 aromatic rings. The quantitative estimate of drug-likeness (QED) is 0.227. The normalized spacial score (nSPS) is 13.9. The fraction of sp³-hybridized carbons (Fsp3) is 0.250. The molecule has 0 fully saturated rings. The van der Waals surface area contributed by atoms with E-state index in [0.29, 0.717) is 0 Å². The van der Waals surface area contributed by atoms with Crippen LogP contribution in [-0.2, 0) is 18.3 Å². The summed E-state index contributed by atoms with van der Waals surface area (Å²) in [6.45, 7) is 0. The lowest BCUT2D eigenvalue weighted by atomic mass is 10.3. The molecular weight excluding hydrogens is 440 g/mol. The van der Waals surface area contributed by atoms with E-state index in [0.717, 1.165) is 24.3 Å². The van der Waals surface area contributed by atoms with Gasteiger partial charge in [-0.15, -0.1) is 0 Å². The number of benzene rings is 1. The van der Waals surface area contributed by atoms with E-state index in [-0.39, 0.29) is 11.4 Å². The average Bonchev–Trinajstić information content (AvgIpc) is 2.38. The molecule has 0 atom stereocenters. The van der Waals surface area contributed by atoms with Crippen molar-refractivity contribution in [1.29, 1.82) is 0 Å². The van der Waals surface area contributed by atoms with Crippen LogP contribution in [0.1, 0.15) is 0 Å². The summed E-state index contributed by atoms with van der Waals surface area (Å²) in [6, 6.07) is 4.04. The zero-order valence-corrected chi connectivity index (χ0v) is 16.0. The molecular formula is C8H16N2O12P4. The summed E-state index contributed by atoms with van der Waals surface area (Å²) in [5, 5.41) is 3.88. The van der Waals surface area contributed by atoms with Gasteiger partial charge in [-0.25, -0.2) is 0 Å². The smallest absolute Gasteiger partial charge is 0.360 e. The Morgan fingerprint density at radius 1 is 0.538 bits per heavy atom. The Bertz CT molecular complexity index is 705. The van der Waals surface area contributed by atoms with Crippen LogP contribution in [0.15, 0.2) is 24.3 Å². The molecule has 14 nitrogen and oxygen atoms in total. The van der Waals surface area contributed by atoms with Crippen LogP contribution in [0.25, 0.3) is 0 Å². The van der Waals surface area contributed by atoms with Crippen LogP contribution in [0.2, 0.25) is 0 Å². The van der Waals surface area contributed by atoms with Gasteiger partial charge in [0.2, 0.25) is 11.0 Å². The second kappa shape index (κ2) is 7.81. The van der Waals surface area contributed by atoms with Gasteiger partial charge in [-0.2, -0.15) is 0 Å². The van der Waals surface area contributed by atoms with Gasteiger partial charge in [-0.3, -0.25) is 18.3 Å². The molecule has 150 valence electrons. The Morgan fingerprint density at radius 2 is 0.731 bits per heavy atom. The minimum Gasteiger partial charge on any atom is -0.362 e. The highest BCUT2D eigenvalue weighted by Gasteiger charge is 2.44. The molecule has 0 saturated heterocycles. The molecule has 26 heavy (non-hydrogen) atoms. The number of anilines is 2. The standard InChI is InChI=1S/C8H16N2O12P4/c11-23(12,13)7(24(14,15)16)9-5-1-2-6(4-3-5)10-8(25(17,18)19)26(20,21)22/h1-4,7-10H,(H2,11,12,13)(H2,14,15,16)(H2,17,18,19)(H2,20,21,22). The van der Waals surface area contributed by atoms with Crippen molar-refractivity contribution in [1.82, 2.24) is 0 Å². The Morgan fingerprint density at radius 3 is 0.885 bits per heavy atom. The van der Waals surface area contributed by atoms with E-state index >= 15 is 0 Å². The summed E-state index contributed by atoms with van der Waals surface area (Å²) in [6.07, 6.45) is 0. The largest absolute Gasteiger partial charge is 0.362 e. The molecule has 0 spiro atoms. The van der Waals surface area contributed by atoms with Gasteiger partial charge in [0.25, 0.3) is 0 Å². The molecule has 0 bridgehead atoms. The third kappa shape index (κ3) is 6.86. The molecule has 0 heterocycles. The maximum atomic E-state index is 11.2. The van der Waals surface area contributed by atoms with E-state index < -0.39 is 41.4 Å². The molecule has 1 aromatic carbocycles. The van der Waals surface area contributed by atoms with Gasteiger partial charge in [0.15, 0.2) is 0 Å². The van der Waals surface area contributed by atoms with Gasteiger partial charge in [0, 0.05) is 11.4 Å². The predicted molar refractivity (Wildman–Crippen MR) is 89.4 cm³/mol. The fourth-order valence-electron chi connectivity index (χ4n) is 1.69. The number of rotatable bonds is 8. The molecule has 0 amide bonds. The molecule has 0 aromatic heterocycles. The Hall–Kier alpha value is -0.580. The van der Waals surface area contributed by atoms with Crippen molar-refractivity contribution >= 4 is 41.8 Å². The lowest BCUT2D eigenvalue weighted by Crippen LogP contribution is -2.21. The molecule has 18 heteroatoms. The Balaban J connectivity index is 3.05. The Kier molecular flexibility index (Phi) is 7.04. The van der Waals surface area contributed by atoms with E-state index in [1.807, 2.05) is 10.6 Å². The molecule has 0 aliphatic heterocycles. The van der Waals surface area contributed by atoms with Gasteiger partial charge >= 0.3 is 30.4 Å². The highest BCUT2D eigenvalue weighted by molar-refractivity contribution is 7.71. The topological polar surface area (TPSA) is 254 Å². The monoisotopic (exact) mass is 456 g/mol. The van der Waals surface area contributed by atoms with Gasteiger partial charge in [0.05, 0.1) is 0 Å². The first-order chi connectivity index (χ1) is 11.4. The van der Waals surface area contributed by atoms with Crippen LogP contribution < -0.4 is 10.6 Å². The SMILES string of the molecule is O=P(O)(O)C(Nc1ccc(NC(P(=O)(O)O)P(=O)(O)O)cc1)P(=O)(O)O. The van der Waals surface area contributed by atoms with Crippen LogP contribution in [0.4, 0.5) is 11.4 Å². The van der Waals surface area contributed by atoms with Crippen molar-refractivity contribution in [3.8, 4) is 0 Å². The van der Waals surface area contributed by atoms with Crippen LogP contribution in [0.3, 0.4) is 0 Å². The maximum absolute atomic E-state index is 11.2. The van der Waals surface area contributed by atoms with Gasteiger partial charge in [0.1, 0.15) is 0 Å². The first-order valence-corrected chi connectivity index (χ1v) is 13.0. The number of hydrogen-bond donors (Lipinski definition) is 10. The number of nitrogens with one attached hydrogen (secondary N) is 2. The summed E-state index contributed by atoms with van der Waals surface area (Å²) in [7, 11) is -20.9. The second-order valence-electron chi connectivity index (χ2n) is 4.97. The van der Waals surface area contributed by atoms with E-state index in [1.165, 1.54) is 0 Å². The van der Waals surface area contributed by atoms with Crippen molar-refractivity contribution in [2.75, 3.05) is 10.6 Å². The molecule has 0 unspecified atom stereocenters. The van der Waals surface area contributed by atoms with Crippen molar-refractivity contribution in [2.24, 2.45) is 0 Å². The van der Waals surface area contributed by atoms with Crippen molar-refractivity contribution < 1.29 is 57.4 Å². The summed E-state index contributed by atoms with van der Waals surface area (Å²) >= 11 is 0. The Labute approximate surface area is 145 Å². The minimum absolute atomic E-state index is 0.184. The lowest BCUT2D eigenvalue weighted by Gasteiger charge is -2.23. The van der Waals surface area contributed by atoms with Crippen LogP contribution >= 0.6 is 30.4 Å². The maximum Gasteiger partial charge on any atom is 0.360 e. The molecule has 0 aliphatic rings. The minimum atomic E-state index is -5.24. The van der Waals surface area contributed by atoms with E-state index in [1.54, 1.807) is 0 Å². The van der Waals surface area contributed by atoms with Gasteiger partial charge in [-0.1, -0.05) is 0 Å².